The van der Waals surface area contributed by atoms with Crippen LogP contribution in [0.3, 0.4) is 0 Å². The number of hydrogen-bond acceptors (Lipinski definition) is 2. The van der Waals surface area contributed by atoms with Gasteiger partial charge in [0.05, 0.1) is 6.10 Å². The molecular formula is C17H28BrNO. The molecule has 1 rings (SSSR count). The van der Waals surface area contributed by atoms with Gasteiger partial charge in [-0.25, -0.2) is 0 Å². The van der Waals surface area contributed by atoms with E-state index in [1.165, 1.54) is 37.7 Å². The van der Waals surface area contributed by atoms with E-state index in [0.717, 1.165) is 24.0 Å². The van der Waals surface area contributed by atoms with Gasteiger partial charge in [-0.2, -0.15) is 0 Å². The summed E-state index contributed by atoms with van der Waals surface area (Å²) in [6.45, 7) is 3.95. The highest BCUT2D eigenvalue weighted by Crippen LogP contribution is 2.25. The van der Waals surface area contributed by atoms with Gasteiger partial charge in [-0.3, -0.25) is 0 Å². The number of nitrogens with one attached hydrogen (secondary N) is 1. The molecule has 0 saturated carbocycles. The van der Waals surface area contributed by atoms with E-state index in [2.05, 4.69) is 46.4 Å². The van der Waals surface area contributed by atoms with Crippen molar-refractivity contribution in [2.75, 3.05) is 20.2 Å². The summed E-state index contributed by atoms with van der Waals surface area (Å²) < 4.78 is 7.19. The van der Waals surface area contributed by atoms with Crippen LogP contribution in [0.15, 0.2) is 28.7 Å². The first kappa shape index (κ1) is 17.7. The van der Waals surface area contributed by atoms with Crippen molar-refractivity contribution in [1.29, 1.82) is 0 Å². The van der Waals surface area contributed by atoms with Gasteiger partial charge in [0.1, 0.15) is 0 Å². The summed E-state index contributed by atoms with van der Waals surface area (Å²) in [6.07, 6.45) is 7.94. The standard InChI is InChI=1S/C17H28BrNO/c1-3-4-5-6-7-10-13-20-17(14-19-2)15-11-8-9-12-16(15)18/h8-9,11-12,17,19H,3-7,10,13-14H2,1-2H3. The van der Waals surface area contributed by atoms with Crippen LogP contribution in [0.4, 0.5) is 0 Å². The van der Waals surface area contributed by atoms with Crippen LogP contribution >= 0.6 is 15.9 Å². The van der Waals surface area contributed by atoms with Gasteiger partial charge in [-0.1, -0.05) is 73.2 Å². The molecule has 1 aromatic carbocycles. The molecule has 0 aliphatic heterocycles. The van der Waals surface area contributed by atoms with Crippen LogP contribution in [0.25, 0.3) is 0 Å². The number of hydrogen-bond donors (Lipinski definition) is 1. The second-order valence-corrected chi connectivity index (χ2v) is 6.06. The van der Waals surface area contributed by atoms with Gasteiger partial charge in [0.15, 0.2) is 0 Å². The highest BCUT2D eigenvalue weighted by Gasteiger charge is 2.13. The molecule has 114 valence electrons. The molecule has 3 heteroatoms. The second kappa shape index (κ2) is 11.3. The molecule has 1 unspecified atom stereocenters. The molecule has 1 atom stereocenters. The van der Waals surface area contributed by atoms with Crippen LogP contribution in [0, 0.1) is 0 Å². The van der Waals surface area contributed by atoms with E-state index < -0.39 is 0 Å². The van der Waals surface area contributed by atoms with Gasteiger partial charge in [0.25, 0.3) is 0 Å². The lowest BCUT2D eigenvalue weighted by molar-refractivity contribution is 0.0506. The summed E-state index contributed by atoms with van der Waals surface area (Å²) in [6, 6.07) is 8.31. The first-order valence-corrected chi connectivity index (χ1v) is 8.59. The Hall–Kier alpha value is -0.380. The minimum absolute atomic E-state index is 0.131. The molecule has 1 aromatic rings. The van der Waals surface area contributed by atoms with Gasteiger partial charge in [0.2, 0.25) is 0 Å². The molecule has 0 fully saturated rings. The topological polar surface area (TPSA) is 21.3 Å². The van der Waals surface area contributed by atoms with Gasteiger partial charge >= 0.3 is 0 Å². The molecule has 0 radical (unpaired) electrons. The van der Waals surface area contributed by atoms with Crippen molar-refractivity contribution < 1.29 is 4.74 Å². The van der Waals surface area contributed by atoms with Crippen LogP contribution in [0.1, 0.15) is 57.1 Å². The molecule has 0 aliphatic rings. The van der Waals surface area contributed by atoms with E-state index >= 15 is 0 Å². The van der Waals surface area contributed by atoms with Gasteiger partial charge in [0, 0.05) is 17.6 Å². The number of benzene rings is 1. The number of likely N-dealkylation sites (N-methyl/N-ethyl adjacent to an activating group) is 1. The van der Waals surface area contributed by atoms with Crippen LogP contribution in [-0.2, 0) is 4.74 Å². The second-order valence-electron chi connectivity index (χ2n) is 5.21. The maximum Gasteiger partial charge on any atom is 0.0959 e. The number of unbranched alkanes of at least 4 members (excludes halogenated alkanes) is 5. The van der Waals surface area contributed by atoms with Gasteiger partial charge in [-0.15, -0.1) is 0 Å². The summed E-state index contributed by atoms with van der Waals surface area (Å²) in [5.41, 5.74) is 1.23. The maximum absolute atomic E-state index is 6.06. The predicted molar refractivity (Wildman–Crippen MR) is 90.1 cm³/mol. The molecular weight excluding hydrogens is 314 g/mol. The minimum atomic E-state index is 0.131. The Bertz CT molecular complexity index is 357. The smallest absolute Gasteiger partial charge is 0.0959 e. The monoisotopic (exact) mass is 341 g/mol. The van der Waals surface area contributed by atoms with Crippen LogP contribution in [-0.4, -0.2) is 20.2 Å². The average Bonchev–Trinajstić information content (AvgIpc) is 2.46. The zero-order valence-corrected chi connectivity index (χ0v) is 14.4. The van der Waals surface area contributed by atoms with E-state index in [1.54, 1.807) is 0 Å². The van der Waals surface area contributed by atoms with Crippen molar-refractivity contribution in [2.24, 2.45) is 0 Å². The number of rotatable bonds is 11. The molecule has 0 saturated heterocycles. The van der Waals surface area contributed by atoms with Gasteiger partial charge in [-0.05, 0) is 25.1 Å². The first-order valence-electron chi connectivity index (χ1n) is 7.80. The van der Waals surface area contributed by atoms with E-state index in [0.29, 0.717) is 0 Å². The Morgan fingerprint density at radius 3 is 2.50 bits per heavy atom. The third-order valence-corrected chi connectivity index (χ3v) is 4.18. The fraction of sp³-hybridized carbons (Fsp3) is 0.647. The number of halogens is 1. The van der Waals surface area contributed by atoms with Crippen molar-refractivity contribution in [3.05, 3.63) is 34.3 Å². The highest BCUT2D eigenvalue weighted by atomic mass is 79.9. The fourth-order valence-corrected chi connectivity index (χ4v) is 2.83. The molecule has 0 aromatic heterocycles. The quantitative estimate of drug-likeness (QED) is 0.566. The Balaban J connectivity index is 2.31. The summed E-state index contributed by atoms with van der Waals surface area (Å²) in [7, 11) is 1.97. The summed E-state index contributed by atoms with van der Waals surface area (Å²) in [4.78, 5) is 0. The predicted octanol–water partition coefficient (Wildman–Crippen LogP) is 5.09. The normalized spacial score (nSPS) is 12.6. The Kier molecular flexibility index (Phi) is 9.98. The molecule has 0 amide bonds. The SMILES string of the molecule is CCCCCCCCOC(CNC)c1ccccc1Br. The molecule has 20 heavy (non-hydrogen) atoms. The van der Waals surface area contributed by atoms with Gasteiger partial charge < -0.3 is 10.1 Å². The largest absolute Gasteiger partial charge is 0.372 e. The zero-order chi connectivity index (χ0) is 14.6. The lowest BCUT2D eigenvalue weighted by Gasteiger charge is -2.19. The Labute approximate surface area is 132 Å². The van der Waals surface area contributed by atoms with Crippen molar-refractivity contribution in [3.8, 4) is 0 Å². The Morgan fingerprint density at radius 2 is 1.80 bits per heavy atom. The highest BCUT2D eigenvalue weighted by molar-refractivity contribution is 9.10. The average molecular weight is 342 g/mol. The van der Waals surface area contributed by atoms with Crippen molar-refractivity contribution in [2.45, 2.75) is 51.6 Å². The van der Waals surface area contributed by atoms with Crippen molar-refractivity contribution in [1.82, 2.24) is 5.32 Å². The zero-order valence-electron chi connectivity index (χ0n) is 12.8. The maximum atomic E-state index is 6.06. The van der Waals surface area contributed by atoms with Crippen LogP contribution < -0.4 is 5.32 Å². The lowest BCUT2D eigenvalue weighted by Crippen LogP contribution is -2.20. The summed E-state index contributed by atoms with van der Waals surface area (Å²) in [5.74, 6) is 0. The molecule has 0 spiro atoms. The molecule has 0 heterocycles. The molecule has 2 nitrogen and oxygen atoms in total. The van der Waals surface area contributed by atoms with E-state index in [4.69, 9.17) is 4.74 Å². The third kappa shape index (κ3) is 6.87. The summed E-state index contributed by atoms with van der Waals surface area (Å²) >= 11 is 3.61. The molecule has 0 aliphatic carbocycles. The van der Waals surface area contributed by atoms with E-state index in [9.17, 15) is 0 Å². The number of ether oxygens (including phenoxy) is 1. The minimum Gasteiger partial charge on any atom is -0.372 e. The first-order chi connectivity index (χ1) is 9.79. The Morgan fingerprint density at radius 1 is 1.10 bits per heavy atom. The van der Waals surface area contributed by atoms with Crippen LogP contribution in [0.2, 0.25) is 0 Å². The van der Waals surface area contributed by atoms with Crippen LogP contribution in [0.5, 0.6) is 0 Å². The lowest BCUT2D eigenvalue weighted by atomic mass is 10.1. The third-order valence-electron chi connectivity index (χ3n) is 3.46. The van der Waals surface area contributed by atoms with Crippen molar-refractivity contribution >= 4 is 15.9 Å². The van der Waals surface area contributed by atoms with Crippen molar-refractivity contribution in [3.63, 3.8) is 0 Å². The van der Waals surface area contributed by atoms with E-state index in [-0.39, 0.29) is 6.10 Å². The fourth-order valence-electron chi connectivity index (χ4n) is 2.29. The van der Waals surface area contributed by atoms with E-state index in [1.807, 2.05) is 13.1 Å². The summed E-state index contributed by atoms with van der Waals surface area (Å²) in [5, 5.41) is 3.22. The molecule has 0 bridgehead atoms. The molecule has 1 N–H and O–H groups in total.